The molecule has 1 fully saturated rings. The van der Waals surface area contributed by atoms with Gasteiger partial charge in [-0.15, -0.1) is 5.10 Å². The Hall–Kier alpha value is -0.940. The van der Waals surface area contributed by atoms with E-state index in [4.69, 9.17) is 0 Å². The van der Waals surface area contributed by atoms with Gasteiger partial charge in [0.15, 0.2) is 0 Å². The van der Waals surface area contributed by atoms with Gasteiger partial charge in [-0.2, -0.15) is 0 Å². The minimum Gasteiger partial charge on any atom is -0.382 e. The van der Waals surface area contributed by atoms with Crippen LogP contribution in [0.15, 0.2) is 6.20 Å². The van der Waals surface area contributed by atoms with Crippen LogP contribution in [0.2, 0.25) is 0 Å². The van der Waals surface area contributed by atoms with Crippen molar-refractivity contribution in [1.82, 2.24) is 19.9 Å². The molecule has 1 N–H and O–H groups in total. The number of hydrogen-bond acceptors (Lipinski definition) is 4. The van der Waals surface area contributed by atoms with Crippen LogP contribution in [0.1, 0.15) is 19.0 Å². The smallest absolute Gasteiger partial charge is 0.122 e. The molecule has 0 bridgehead atoms. The maximum atomic E-state index is 10.4. The van der Waals surface area contributed by atoms with E-state index in [-0.39, 0.29) is 0 Å². The third-order valence-corrected chi connectivity index (χ3v) is 3.09. The number of nitrogens with zero attached hydrogens (tertiary/aromatic N) is 4. The summed E-state index contributed by atoms with van der Waals surface area (Å²) in [5.74, 6) is 0. The van der Waals surface area contributed by atoms with Gasteiger partial charge in [-0.3, -0.25) is 0 Å². The summed E-state index contributed by atoms with van der Waals surface area (Å²) in [5.41, 5.74) is 0.0144. The first-order valence-corrected chi connectivity index (χ1v) is 4.81. The summed E-state index contributed by atoms with van der Waals surface area (Å²) in [6.07, 6.45) is 2.39. The first-order valence-electron chi connectivity index (χ1n) is 4.81. The van der Waals surface area contributed by atoms with Gasteiger partial charge < -0.3 is 10.0 Å². The largest absolute Gasteiger partial charge is 0.382 e. The summed E-state index contributed by atoms with van der Waals surface area (Å²) in [6, 6.07) is 0.398. The molecule has 5 nitrogen and oxygen atoms in total. The number of likely N-dealkylation sites (tertiary alicyclic amines) is 1. The summed E-state index contributed by atoms with van der Waals surface area (Å²) in [5, 5.41) is 18.1. The van der Waals surface area contributed by atoms with Crippen LogP contribution in [0.5, 0.6) is 0 Å². The molecule has 0 spiro atoms. The van der Waals surface area contributed by atoms with E-state index in [1.807, 2.05) is 14.1 Å². The molecule has 0 radical (unpaired) electrons. The molecule has 1 aromatic heterocycles. The highest BCUT2D eigenvalue weighted by atomic mass is 16.3. The minimum absolute atomic E-state index is 0.398. The Bertz CT molecular complexity index is 325. The Kier molecular flexibility index (Phi) is 2.08. The molecular weight excluding hydrogens is 180 g/mol. The summed E-state index contributed by atoms with van der Waals surface area (Å²) < 4.78 is 1.64. The van der Waals surface area contributed by atoms with Crippen molar-refractivity contribution in [2.75, 3.05) is 13.6 Å². The number of rotatable bonds is 1. The number of likely N-dealkylation sites (N-methyl/N-ethyl adjacent to an activating group) is 1. The number of β-amino-alcohol motifs (C(OH)–C–C–N with tert-alkyl or cyclic N) is 1. The summed E-state index contributed by atoms with van der Waals surface area (Å²) in [4.78, 5) is 2.15. The molecule has 2 unspecified atom stereocenters. The predicted molar refractivity (Wildman–Crippen MR) is 51.6 cm³/mol. The van der Waals surface area contributed by atoms with Crippen molar-refractivity contribution in [3.63, 3.8) is 0 Å². The molecule has 0 aliphatic carbocycles. The molecule has 0 aromatic carbocycles. The lowest BCUT2D eigenvalue weighted by molar-refractivity contribution is 0.0402. The van der Waals surface area contributed by atoms with E-state index in [9.17, 15) is 5.11 Å². The van der Waals surface area contributed by atoms with Gasteiger partial charge in [0.2, 0.25) is 0 Å². The predicted octanol–water partition coefficient (Wildman–Crippen LogP) is -0.273. The van der Waals surface area contributed by atoms with Crippen LogP contribution in [-0.4, -0.2) is 44.6 Å². The van der Waals surface area contributed by atoms with Crippen LogP contribution in [0.3, 0.4) is 0 Å². The van der Waals surface area contributed by atoms with Crippen LogP contribution in [0.4, 0.5) is 0 Å². The molecule has 1 aliphatic heterocycles. The van der Waals surface area contributed by atoms with Crippen LogP contribution >= 0.6 is 0 Å². The maximum absolute atomic E-state index is 10.4. The number of aromatic nitrogens is 3. The van der Waals surface area contributed by atoms with Crippen LogP contribution in [0.25, 0.3) is 0 Å². The molecule has 78 valence electrons. The van der Waals surface area contributed by atoms with Gasteiger partial charge in [-0.05, 0) is 20.4 Å². The van der Waals surface area contributed by atoms with E-state index in [0.717, 1.165) is 12.1 Å². The zero-order valence-corrected chi connectivity index (χ0v) is 8.80. The normalized spacial score (nSPS) is 33.9. The molecule has 14 heavy (non-hydrogen) atoms. The fourth-order valence-electron chi connectivity index (χ4n) is 2.17. The van der Waals surface area contributed by atoms with Gasteiger partial charge in [-0.25, -0.2) is 4.68 Å². The molecule has 5 heteroatoms. The summed E-state index contributed by atoms with van der Waals surface area (Å²) in [6.45, 7) is 2.76. The van der Waals surface area contributed by atoms with Crippen LogP contribution in [-0.2, 0) is 12.6 Å². The average molecular weight is 196 g/mol. The number of aliphatic hydroxyl groups is 1. The Morgan fingerprint density at radius 1 is 1.57 bits per heavy atom. The average Bonchev–Trinajstić information content (AvgIpc) is 2.59. The highest BCUT2D eigenvalue weighted by molar-refractivity contribution is 5.12. The summed E-state index contributed by atoms with van der Waals surface area (Å²) in [7, 11) is 3.83. The zero-order valence-electron chi connectivity index (χ0n) is 8.80. The van der Waals surface area contributed by atoms with E-state index in [2.05, 4.69) is 22.1 Å². The highest BCUT2D eigenvalue weighted by Crippen LogP contribution is 2.33. The lowest BCUT2D eigenvalue weighted by atomic mass is 9.97. The molecule has 1 aromatic rings. The van der Waals surface area contributed by atoms with Crippen molar-refractivity contribution in [3.05, 3.63) is 11.9 Å². The molecule has 2 heterocycles. The van der Waals surface area contributed by atoms with Gasteiger partial charge in [0.25, 0.3) is 0 Å². The first kappa shape index (κ1) is 9.61. The van der Waals surface area contributed by atoms with Gasteiger partial charge in [0.1, 0.15) is 5.60 Å². The van der Waals surface area contributed by atoms with Crippen molar-refractivity contribution in [1.29, 1.82) is 0 Å². The Labute approximate surface area is 83.3 Å². The molecule has 1 saturated heterocycles. The van der Waals surface area contributed by atoms with Crippen LogP contribution < -0.4 is 0 Å². The second kappa shape index (κ2) is 3.03. The SMILES string of the molecule is CC1CC(O)(c2cnnn2C)CN1C. The Balaban J connectivity index is 2.31. The highest BCUT2D eigenvalue weighted by Gasteiger charge is 2.42. The van der Waals surface area contributed by atoms with Crippen molar-refractivity contribution in [2.24, 2.45) is 7.05 Å². The molecule has 2 rings (SSSR count). The van der Waals surface area contributed by atoms with Gasteiger partial charge >= 0.3 is 0 Å². The second-order valence-electron chi connectivity index (χ2n) is 4.24. The second-order valence-corrected chi connectivity index (χ2v) is 4.24. The summed E-state index contributed by atoms with van der Waals surface area (Å²) >= 11 is 0. The molecule has 2 atom stereocenters. The third kappa shape index (κ3) is 1.33. The van der Waals surface area contributed by atoms with Gasteiger partial charge in [-0.1, -0.05) is 5.21 Å². The Morgan fingerprint density at radius 2 is 2.29 bits per heavy atom. The van der Waals surface area contributed by atoms with E-state index in [0.29, 0.717) is 12.6 Å². The molecule has 1 aliphatic rings. The quantitative estimate of drug-likeness (QED) is 0.671. The van der Waals surface area contributed by atoms with E-state index in [1.54, 1.807) is 10.9 Å². The van der Waals surface area contributed by atoms with E-state index < -0.39 is 5.60 Å². The number of hydrogen-bond donors (Lipinski definition) is 1. The van der Waals surface area contributed by atoms with Gasteiger partial charge in [0.05, 0.1) is 11.9 Å². The zero-order chi connectivity index (χ0) is 10.3. The third-order valence-electron chi connectivity index (χ3n) is 3.09. The van der Waals surface area contributed by atoms with Crippen molar-refractivity contribution >= 4 is 0 Å². The van der Waals surface area contributed by atoms with Crippen molar-refractivity contribution in [3.8, 4) is 0 Å². The van der Waals surface area contributed by atoms with Crippen molar-refractivity contribution < 1.29 is 5.11 Å². The topological polar surface area (TPSA) is 54.2 Å². The lowest BCUT2D eigenvalue weighted by Crippen LogP contribution is -2.31. The van der Waals surface area contributed by atoms with Crippen LogP contribution in [0, 0.1) is 0 Å². The van der Waals surface area contributed by atoms with Crippen molar-refractivity contribution in [2.45, 2.75) is 25.0 Å². The maximum Gasteiger partial charge on any atom is 0.122 e. The van der Waals surface area contributed by atoms with E-state index in [1.165, 1.54) is 0 Å². The molecular formula is C9H16N4O. The first-order chi connectivity index (χ1) is 6.53. The van der Waals surface area contributed by atoms with E-state index >= 15 is 0 Å². The number of aryl methyl sites for hydroxylation is 1. The fourth-order valence-corrected chi connectivity index (χ4v) is 2.17. The Morgan fingerprint density at radius 3 is 2.71 bits per heavy atom. The fraction of sp³-hybridized carbons (Fsp3) is 0.778. The standard InChI is InChI=1S/C9H16N4O/c1-7-4-9(14,6-12(7)2)8-5-10-11-13(8)3/h5,7,14H,4,6H2,1-3H3. The lowest BCUT2D eigenvalue weighted by Gasteiger charge is -2.21. The molecule has 0 amide bonds. The molecule has 0 saturated carbocycles. The monoisotopic (exact) mass is 196 g/mol. The van der Waals surface area contributed by atoms with Gasteiger partial charge in [0, 0.05) is 19.6 Å². The minimum atomic E-state index is -0.785.